The van der Waals surface area contributed by atoms with Gasteiger partial charge in [0.05, 0.1) is 44.5 Å². The molecule has 7 nitrogen and oxygen atoms in total. The van der Waals surface area contributed by atoms with Crippen molar-refractivity contribution < 1.29 is 0 Å². The van der Waals surface area contributed by atoms with E-state index in [-0.39, 0.29) is 0 Å². The number of fused-ring (bicyclic) bond motifs is 19. The lowest BCUT2D eigenvalue weighted by molar-refractivity contribution is 1.18. The third kappa shape index (κ3) is 14.7. The van der Waals surface area contributed by atoms with Gasteiger partial charge in [0.1, 0.15) is 0 Å². The van der Waals surface area contributed by atoms with Crippen molar-refractivity contribution in [2.45, 2.75) is 0 Å². The Morgan fingerprint density at radius 1 is 0.159 bits per heavy atom. The summed E-state index contributed by atoms with van der Waals surface area (Å²) in [4.78, 5) is 9.37. The smallest absolute Gasteiger partial charge is 0.0620 e. The van der Waals surface area contributed by atoms with Gasteiger partial charge < -0.3 is 33.3 Å². The molecule has 138 heavy (non-hydrogen) atoms. The normalized spacial score (nSPS) is 11.5. The largest absolute Gasteiger partial charge is 0.310 e. The number of hydrogen-bond acceptors (Lipinski definition) is 5. The van der Waals surface area contributed by atoms with Crippen LogP contribution in [0.5, 0.6) is 0 Å². The Kier molecular flexibility index (Phi) is 21.0. The Labute approximate surface area is 803 Å². The average Bonchev–Trinajstić information content (AvgIpc) is 1.56. The van der Waals surface area contributed by atoms with Crippen LogP contribution < -0.4 is 19.6 Å². The molecule has 23 aromatic carbocycles. The van der Waals surface area contributed by atoms with Gasteiger partial charge >= 0.3 is 0 Å². The second-order valence-corrected chi connectivity index (χ2v) is 36.1. The Morgan fingerprint density at radius 3 is 0.986 bits per heavy atom. The van der Waals surface area contributed by atoms with Crippen LogP contribution in [-0.4, -0.2) is 13.7 Å². The highest BCUT2D eigenvalue weighted by Gasteiger charge is 2.26. The predicted octanol–water partition coefficient (Wildman–Crippen LogP) is 36.9. The van der Waals surface area contributed by atoms with Crippen LogP contribution in [0.3, 0.4) is 0 Å². The van der Waals surface area contributed by atoms with Gasteiger partial charge in [0.2, 0.25) is 0 Å². The Morgan fingerprint density at radius 2 is 0.493 bits per heavy atom. The van der Waals surface area contributed by atoms with Gasteiger partial charge in [0.25, 0.3) is 0 Å². The van der Waals surface area contributed by atoms with E-state index in [0.717, 1.165) is 79.6 Å². The van der Waals surface area contributed by atoms with Crippen molar-refractivity contribution in [1.29, 1.82) is 0 Å². The molecule has 650 valence electrons. The molecule has 0 aliphatic carbocycles. The molecule has 27 rings (SSSR count). The van der Waals surface area contributed by atoms with Crippen LogP contribution >= 0.6 is 11.3 Å². The number of benzene rings is 23. The summed E-state index contributed by atoms with van der Waals surface area (Å²) in [7, 11) is 0. The van der Waals surface area contributed by atoms with Gasteiger partial charge in [-0.2, -0.15) is 0 Å². The van der Waals surface area contributed by atoms with Gasteiger partial charge in [-0.05, 0) is 245 Å². The first kappa shape index (κ1) is 81.9. The minimum absolute atomic E-state index is 1.12. The van der Waals surface area contributed by atoms with Crippen LogP contribution in [0.15, 0.2) is 540 Å². The molecule has 0 radical (unpaired) electrons. The van der Waals surface area contributed by atoms with E-state index in [1.165, 1.54) is 145 Å². The van der Waals surface area contributed by atoms with Gasteiger partial charge in [0.15, 0.2) is 0 Å². The van der Waals surface area contributed by atoms with E-state index in [1.807, 2.05) is 11.3 Å². The Balaban J connectivity index is 0.000000110. The third-order valence-corrected chi connectivity index (χ3v) is 28.2. The molecule has 0 saturated heterocycles. The molecule has 4 heterocycles. The molecular weight excluding hydrogens is 1690 g/mol. The van der Waals surface area contributed by atoms with E-state index in [2.05, 4.69) is 573 Å². The van der Waals surface area contributed by atoms with Crippen molar-refractivity contribution in [2.75, 3.05) is 19.6 Å². The van der Waals surface area contributed by atoms with Crippen LogP contribution in [0.25, 0.3) is 157 Å². The van der Waals surface area contributed by atoms with E-state index in [4.69, 9.17) is 0 Å². The molecule has 0 fully saturated rings. The van der Waals surface area contributed by atoms with Crippen molar-refractivity contribution >= 4 is 208 Å². The molecule has 0 atom stereocenters. The summed E-state index contributed by atoms with van der Waals surface area (Å²) < 4.78 is 9.91. The number of aromatic nitrogens is 3. The fraction of sp³-hybridized carbons (Fsp3) is 0. The minimum Gasteiger partial charge on any atom is -0.310 e. The number of hydrogen-bond donors (Lipinski definition) is 0. The first-order valence-corrected chi connectivity index (χ1v) is 47.9. The van der Waals surface area contributed by atoms with E-state index in [9.17, 15) is 0 Å². The third-order valence-electron chi connectivity index (χ3n) is 27.0. The maximum Gasteiger partial charge on any atom is 0.0620 e. The summed E-state index contributed by atoms with van der Waals surface area (Å²) in [6.45, 7) is 0. The SMILES string of the molecule is c1ccc(N(c2ccc(-c3ccc(N(c4ccccc4)c4cccc5ccccc45)cc3)cc2)c2cccc3ccccc23)cc1.c1ccc(N(c2ccccc2)c2ccc3c(c2)c2ccc4cc5c6ccccc6n(-c6ccccc6)c5cc4c2n3-c2ccccc2)cc1.c1ccc(N(c2ccccc2)c2ccc3sc4c(ccc5c4ccc4c5c5ccccc5n4-c4ccccc4)c3c2)cc1. The second kappa shape index (κ2) is 35.5. The average molecular weight is 1780 g/mol. The van der Waals surface area contributed by atoms with Crippen molar-refractivity contribution in [2.24, 2.45) is 0 Å². The summed E-state index contributed by atoms with van der Waals surface area (Å²) in [6.07, 6.45) is 0. The Hall–Kier alpha value is -18.1. The summed E-state index contributed by atoms with van der Waals surface area (Å²) in [5.41, 5.74) is 26.8. The van der Waals surface area contributed by atoms with Crippen LogP contribution in [0.2, 0.25) is 0 Å². The standard InChI is InChI=1S/C46H31N3.C44H32N2.C40H26N2S/c1-5-15-33(16-6-1)47(34-17-7-2-8-18-34)37-26-28-44-42(30-37)39-27-25-32-29-41-38-23-13-14-24-43(38)48(35-19-9-3-10-20-35)45(41)31-40(32)46(39)49(44)36-21-11-4-12-22-36;1-3-17-37(18-4-1)45(43-23-11-15-35-13-7-9-21-41(35)43)39-29-25-33(26-30-39)34-27-31-40(32-28-34)46(38-19-5-2-6-20-38)44-24-12-16-36-14-8-10-22-42(36)44;1-4-12-27(13-5-1)41(28-14-6-2-7-15-28)30-20-25-38-35(26-30)33-22-21-31-32(40(33)43-38)23-24-37-39(31)34-18-10-11-19-36(34)42(37)29-16-8-3-9-17-29/h1-31H;1-32H;1-26H. The molecule has 8 heteroatoms. The molecule has 0 spiro atoms. The summed E-state index contributed by atoms with van der Waals surface area (Å²) >= 11 is 1.90. The number of para-hydroxylation sites is 11. The first-order valence-electron chi connectivity index (χ1n) is 47.1. The van der Waals surface area contributed by atoms with E-state index in [1.54, 1.807) is 0 Å². The van der Waals surface area contributed by atoms with Crippen molar-refractivity contribution in [1.82, 2.24) is 13.7 Å². The lowest BCUT2D eigenvalue weighted by Crippen LogP contribution is -2.10. The van der Waals surface area contributed by atoms with Crippen molar-refractivity contribution in [3.63, 3.8) is 0 Å². The monoisotopic (exact) mass is 1780 g/mol. The lowest BCUT2D eigenvalue weighted by atomic mass is 10.0. The van der Waals surface area contributed by atoms with Gasteiger partial charge in [0, 0.05) is 148 Å². The topological polar surface area (TPSA) is 27.8 Å². The molecule has 0 saturated carbocycles. The van der Waals surface area contributed by atoms with E-state index < -0.39 is 0 Å². The van der Waals surface area contributed by atoms with Gasteiger partial charge in [-0.1, -0.05) is 328 Å². The molecule has 0 bridgehead atoms. The predicted molar refractivity (Wildman–Crippen MR) is 589 cm³/mol. The molecule has 27 aromatic rings. The zero-order chi connectivity index (χ0) is 91.4. The highest BCUT2D eigenvalue weighted by atomic mass is 32.1. The maximum absolute atomic E-state index is 2.45. The zero-order valence-corrected chi connectivity index (χ0v) is 76.2. The van der Waals surface area contributed by atoms with Crippen molar-refractivity contribution in [3.8, 4) is 28.2 Å². The molecular formula is C130H89N7S. The highest BCUT2D eigenvalue weighted by Crippen LogP contribution is 2.50. The number of thiophene rings is 1. The van der Waals surface area contributed by atoms with Crippen LogP contribution in [0, 0.1) is 0 Å². The van der Waals surface area contributed by atoms with Crippen LogP contribution in [0.4, 0.5) is 68.2 Å². The fourth-order valence-corrected chi connectivity index (χ4v) is 22.0. The van der Waals surface area contributed by atoms with Gasteiger partial charge in [-0.3, -0.25) is 0 Å². The molecule has 0 amide bonds. The fourth-order valence-electron chi connectivity index (χ4n) is 20.8. The minimum atomic E-state index is 1.12. The first-order chi connectivity index (χ1) is 68.5. The summed E-state index contributed by atoms with van der Waals surface area (Å²) in [6, 6.07) is 194. The molecule has 0 N–H and O–H groups in total. The lowest BCUT2D eigenvalue weighted by Gasteiger charge is -2.27. The maximum atomic E-state index is 2.45. The van der Waals surface area contributed by atoms with E-state index >= 15 is 0 Å². The number of rotatable bonds is 16. The molecule has 0 aliphatic rings. The molecule has 4 aromatic heterocycles. The van der Waals surface area contributed by atoms with E-state index in [0.29, 0.717) is 0 Å². The Bertz CT molecular complexity index is 8920. The van der Waals surface area contributed by atoms with Crippen molar-refractivity contribution in [3.05, 3.63) is 540 Å². The number of anilines is 12. The quantitative estimate of drug-likeness (QED) is 0.0964. The highest BCUT2D eigenvalue weighted by molar-refractivity contribution is 7.26. The number of nitrogens with zero attached hydrogens (tertiary/aromatic N) is 7. The summed E-state index contributed by atoms with van der Waals surface area (Å²) in [5.74, 6) is 0. The second-order valence-electron chi connectivity index (χ2n) is 35.0. The molecule has 0 unspecified atom stereocenters. The van der Waals surface area contributed by atoms with Gasteiger partial charge in [-0.25, -0.2) is 0 Å². The van der Waals surface area contributed by atoms with Crippen LogP contribution in [0.1, 0.15) is 0 Å². The zero-order valence-electron chi connectivity index (χ0n) is 75.4. The van der Waals surface area contributed by atoms with Gasteiger partial charge in [-0.15, -0.1) is 11.3 Å². The molecule has 0 aliphatic heterocycles. The summed E-state index contributed by atoms with van der Waals surface area (Å²) in [5, 5.41) is 20.2. The van der Waals surface area contributed by atoms with Crippen LogP contribution in [-0.2, 0) is 0 Å².